The van der Waals surface area contributed by atoms with Crippen molar-refractivity contribution in [3.05, 3.63) is 20.9 Å². The van der Waals surface area contributed by atoms with E-state index in [4.69, 9.17) is 4.74 Å². The number of carboxylic acid groups (broad SMARTS) is 1. The van der Waals surface area contributed by atoms with Gasteiger partial charge in [-0.3, -0.25) is 0 Å². The number of hydrogen-bond acceptors (Lipinski definition) is 4. The lowest BCUT2D eigenvalue weighted by atomic mass is 9.81. The maximum absolute atomic E-state index is 13.3. The molecule has 2 aliphatic heterocycles. The second kappa shape index (κ2) is 5.89. The van der Waals surface area contributed by atoms with E-state index in [-0.39, 0.29) is 24.8 Å². The van der Waals surface area contributed by atoms with Crippen LogP contribution in [0.5, 0.6) is 0 Å². The minimum atomic E-state index is -4.52. The fraction of sp³-hybridized carbons (Fsp3) is 0.667. The average molecular weight is 365 g/mol. The lowest BCUT2D eigenvalue weighted by molar-refractivity contribution is -0.135. The molecule has 1 spiro atoms. The number of aliphatic hydroxyl groups excluding tert-OH is 1. The molecule has 0 aromatic carbocycles. The SMILES string of the molecule is C[C@H]1C[C@@]2(CCN1C(=O)O)OCCc1c2sc(C(F)(F)F)c1CO. The van der Waals surface area contributed by atoms with Crippen molar-refractivity contribution in [2.45, 2.75) is 50.6 Å². The lowest BCUT2D eigenvalue weighted by Crippen LogP contribution is -2.51. The van der Waals surface area contributed by atoms with Gasteiger partial charge in [0.15, 0.2) is 0 Å². The van der Waals surface area contributed by atoms with Crippen LogP contribution in [0.3, 0.4) is 0 Å². The van der Waals surface area contributed by atoms with Gasteiger partial charge >= 0.3 is 12.3 Å². The highest BCUT2D eigenvalue weighted by Crippen LogP contribution is 2.51. The number of likely N-dealkylation sites (tertiary alicyclic amines) is 1. The number of thiophene rings is 1. The topological polar surface area (TPSA) is 70.0 Å². The van der Waals surface area contributed by atoms with Crippen LogP contribution in [-0.2, 0) is 29.5 Å². The van der Waals surface area contributed by atoms with Gasteiger partial charge in [0, 0.05) is 29.4 Å². The number of aliphatic hydroxyl groups is 1. The van der Waals surface area contributed by atoms with Crippen LogP contribution in [0.25, 0.3) is 0 Å². The molecule has 1 aromatic heterocycles. The van der Waals surface area contributed by atoms with Crippen LogP contribution in [0.4, 0.5) is 18.0 Å². The molecule has 1 amide bonds. The van der Waals surface area contributed by atoms with Crippen molar-refractivity contribution in [1.82, 2.24) is 4.90 Å². The summed E-state index contributed by atoms with van der Waals surface area (Å²) >= 11 is 0.635. The summed E-state index contributed by atoms with van der Waals surface area (Å²) in [5.74, 6) is 0. The molecule has 3 heterocycles. The number of piperidine rings is 1. The van der Waals surface area contributed by atoms with E-state index in [1.54, 1.807) is 6.92 Å². The summed E-state index contributed by atoms with van der Waals surface area (Å²) in [4.78, 5) is 12.2. The van der Waals surface area contributed by atoms with Gasteiger partial charge in [0.1, 0.15) is 10.5 Å². The molecule has 5 nitrogen and oxygen atoms in total. The largest absolute Gasteiger partial charge is 0.465 e. The van der Waals surface area contributed by atoms with Gasteiger partial charge in [0.25, 0.3) is 0 Å². The van der Waals surface area contributed by atoms with Crippen molar-refractivity contribution in [2.75, 3.05) is 13.2 Å². The predicted octanol–water partition coefficient (Wildman–Crippen LogP) is 3.19. The van der Waals surface area contributed by atoms with Gasteiger partial charge in [0.2, 0.25) is 0 Å². The molecule has 0 unspecified atom stereocenters. The van der Waals surface area contributed by atoms with E-state index in [1.807, 2.05) is 0 Å². The molecule has 0 radical (unpaired) electrons. The van der Waals surface area contributed by atoms with Crippen LogP contribution < -0.4 is 0 Å². The Labute approximate surface area is 140 Å². The van der Waals surface area contributed by atoms with Crippen LogP contribution in [0, 0.1) is 0 Å². The van der Waals surface area contributed by atoms with Gasteiger partial charge in [-0.15, -0.1) is 11.3 Å². The summed E-state index contributed by atoms with van der Waals surface area (Å²) in [6.07, 6.45) is -4.59. The number of amides is 1. The standard InChI is InChI=1S/C15H18F3NO4S/c1-8-6-14(3-4-19(8)13(21)22)11-9(2-5-23-14)10(7-20)12(24-11)15(16,17)18/h8,20H,2-7H2,1H3,(H,21,22)/t8-,14+/m0/s1. The summed E-state index contributed by atoms with van der Waals surface area (Å²) in [6, 6.07) is -0.351. The van der Waals surface area contributed by atoms with Crippen molar-refractivity contribution in [3.8, 4) is 0 Å². The summed E-state index contributed by atoms with van der Waals surface area (Å²) in [5.41, 5.74) is -0.424. The number of alkyl halides is 3. The molecule has 134 valence electrons. The molecule has 3 rings (SSSR count). The minimum Gasteiger partial charge on any atom is -0.465 e. The normalized spacial score (nSPS) is 27.4. The molecular formula is C15H18F3NO4S. The fourth-order valence-corrected chi connectivity index (χ4v) is 5.18. The van der Waals surface area contributed by atoms with Crippen LogP contribution in [-0.4, -0.2) is 40.4 Å². The maximum atomic E-state index is 13.3. The van der Waals surface area contributed by atoms with E-state index in [1.165, 1.54) is 4.90 Å². The second-order valence-corrected chi connectivity index (χ2v) is 7.27. The molecule has 2 atom stereocenters. The monoisotopic (exact) mass is 365 g/mol. The Hall–Kier alpha value is -1.32. The van der Waals surface area contributed by atoms with E-state index < -0.39 is 29.4 Å². The van der Waals surface area contributed by atoms with E-state index in [0.29, 0.717) is 41.0 Å². The maximum Gasteiger partial charge on any atom is 0.425 e. The molecule has 1 fully saturated rings. The molecule has 1 saturated heterocycles. The first kappa shape index (κ1) is 17.5. The Kier molecular flexibility index (Phi) is 4.29. The van der Waals surface area contributed by atoms with Crippen molar-refractivity contribution >= 4 is 17.4 Å². The van der Waals surface area contributed by atoms with Gasteiger partial charge in [-0.2, -0.15) is 13.2 Å². The molecule has 2 aliphatic rings. The Morgan fingerprint density at radius 3 is 2.75 bits per heavy atom. The fourth-order valence-electron chi connectivity index (χ4n) is 3.77. The molecule has 9 heteroatoms. The molecule has 2 N–H and O–H groups in total. The van der Waals surface area contributed by atoms with Crippen molar-refractivity contribution in [1.29, 1.82) is 0 Å². The Bertz CT molecular complexity index is 660. The smallest absolute Gasteiger partial charge is 0.425 e. The number of rotatable bonds is 1. The highest BCUT2D eigenvalue weighted by atomic mass is 32.1. The Balaban J connectivity index is 2.04. The molecular weight excluding hydrogens is 347 g/mol. The lowest BCUT2D eigenvalue weighted by Gasteiger charge is -2.46. The first-order valence-electron chi connectivity index (χ1n) is 7.66. The third kappa shape index (κ3) is 2.68. The molecule has 1 aromatic rings. The zero-order valence-corrected chi connectivity index (χ0v) is 13.8. The van der Waals surface area contributed by atoms with Gasteiger partial charge < -0.3 is 19.8 Å². The Morgan fingerprint density at radius 2 is 2.21 bits per heavy atom. The van der Waals surface area contributed by atoms with E-state index in [2.05, 4.69) is 0 Å². The van der Waals surface area contributed by atoms with Gasteiger partial charge in [-0.05, 0) is 25.3 Å². The zero-order valence-electron chi connectivity index (χ0n) is 13.0. The minimum absolute atomic E-state index is 0.0570. The molecule has 0 saturated carbocycles. The van der Waals surface area contributed by atoms with E-state index >= 15 is 0 Å². The number of carbonyl (C=O) groups is 1. The second-order valence-electron chi connectivity index (χ2n) is 6.25. The summed E-state index contributed by atoms with van der Waals surface area (Å²) < 4.78 is 45.8. The van der Waals surface area contributed by atoms with Crippen molar-refractivity contribution in [3.63, 3.8) is 0 Å². The van der Waals surface area contributed by atoms with Gasteiger partial charge in [-0.25, -0.2) is 4.79 Å². The molecule has 0 bridgehead atoms. The van der Waals surface area contributed by atoms with Crippen molar-refractivity contribution in [2.24, 2.45) is 0 Å². The average Bonchev–Trinajstić information content (AvgIpc) is 2.87. The van der Waals surface area contributed by atoms with Crippen LogP contribution in [0.1, 0.15) is 40.6 Å². The van der Waals surface area contributed by atoms with Gasteiger partial charge in [-0.1, -0.05) is 0 Å². The van der Waals surface area contributed by atoms with E-state index in [9.17, 15) is 28.2 Å². The Morgan fingerprint density at radius 1 is 1.50 bits per heavy atom. The third-order valence-corrected chi connectivity index (χ3v) is 6.34. The summed E-state index contributed by atoms with van der Waals surface area (Å²) in [5, 5.41) is 18.6. The number of hydrogen-bond donors (Lipinski definition) is 2. The highest BCUT2D eigenvalue weighted by molar-refractivity contribution is 7.12. The zero-order chi connectivity index (χ0) is 17.7. The van der Waals surface area contributed by atoms with Gasteiger partial charge in [0.05, 0.1) is 13.2 Å². The number of nitrogens with zero attached hydrogens (tertiary/aromatic N) is 1. The van der Waals surface area contributed by atoms with Crippen LogP contribution in [0.2, 0.25) is 0 Å². The third-order valence-electron chi connectivity index (χ3n) is 4.84. The van der Waals surface area contributed by atoms with Crippen LogP contribution >= 0.6 is 11.3 Å². The first-order chi connectivity index (χ1) is 11.2. The quantitative estimate of drug-likeness (QED) is 0.802. The highest BCUT2D eigenvalue weighted by Gasteiger charge is 2.49. The number of halogens is 3. The predicted molar refractivity (Wildman–Crippen MR) is 80.0 cm³/mol. The van der Waals surface area contributed by atoms with Crippen LogP contribution in [0.15, 0.2) is 0 Å². The van der Waals surface area contributed by atoms with Crippen molar-refractivity contribution < 1.29 is 32.9 Å². The first-order valence-corrected chi connectivity index (χ1v) is 8.48. The number of ether oxygens (including phenoxy) is 1. The molecule has 24 heavy (non-hydrogen) atoms. The summed E-state index contributed by atoms with van der Waals surface area (Å²) in [7, 11) is 0. The number of fused-ring (bicyclic) bond motifs is 2. The van der Waals surface area contributed by atoms with E-state index in [0.717, 1.165) is 0 Å². The summed E-state index contributed by atoms with van der Waals surface area (Å²) in [6.45, 7) is 1.56. The molecule has 0 aliphatic carbocycles.